The van der Waals surface area contributed by atoms with Crippen molar-refractivity contribution in [2.24, 2.45) is 0 Å². The molecule has 0 radical (unpaired) electrons. The molecule has 0 bridgehead atoms. The Morgan fingerprint density at radius 3 is 2.42 bits per heavy atom. The van der Waals surface area contributed by atoms with Crippen LogP contribution in [0.5, 0.6) is 5.88 Å². The van der Waals surface area contributed by atoms with E-state index in [0.717, 1.165) is 0 Å². The molecule has 1 saturated heterocycles. The van der Waals surface area contributed by atoms with E-state index in [-0.39, 0.29) is 29.2 Å². The van der Waals surface area contributed by atoms with E-state index in [9.17, 15) is 13.6 Å². The molecular formula is C25H32F2N6O4Si. The fourth-order valence-corrected chi connectivity index (χ4v) is 4.54. The first-order valence-electron chi connectivity index (χ1n) is 12.2. The molecule has 2 aromatic heterocycles. The van der Waals surface area contributed by atoms with Gasteiger partial charge in [0.25, 0.3) is 6.43 Å². The second kappa shape index (κ2) is 10.7. The lowest BCUT2D eigenvalue weighted by molar-refractivity contribution is 0.0996. The van der Waals surface area contributed by atoms with Crippen molar-refractivity contribution < 1.29 is 27.5 Å². The van der Waals surface area contributed by atoms with E-state index < -0.39 is 20.8 Å². The summed E-state index contributed by atoms with van der Waals surface area (Å²) in [6.07, 6.45) is -3.44. The highest BCUT2D eigenvalue weighted by Gasteiger charge is 2.40. The maximum Gasteiger partial charge on any atom is 0.416 e. The van der Waals surface area contributed by atoms with Gasteiger partial charge in [0.05, 0.1) is 24.5 Å². The molecule has 204 valence electrons. The van der Waals surface area contributed by atoms with E-state index >= 15 is 0 Å². The zero-order valence-corrected chi connectivity index (χ0v) is 23.3. The summed E-state index contributed by atoms with van der Waals surface area (Å²) in [6.45, 7) is 13.3. The number of aromatic nitrogens is 5. The minimum absolute atomic E-state index is 0.0574. The van der Waals surface area contributed by atoms with Gasteiger partial charge < -0.3 is 13.9 Å². The molecule has 1 aliphatic heterocycles. The Bertz CT molecular complexity index is 1260. The van der Waals surface area contributed by atoms with Gasteiger partial charge in [0.15, 0.2) is 14.1 Å². The number of hydrogen-bond donors (Lipinski definition) is 0. The van der Waals surface area contributed by atoms with Crippen molar-refractivity contribution in [3.8, 4) is 11.6 Å². The van der Waals surface area contributed by atoms with Gasteiger partial charge in [-0.15, -0.1) is 15.3 Å². The maximum absolute atomic E-state index is 12.9. The summed E-state index contributed by atoms with van der Waals surface area (Å²) >= 11 is 0. The Morgan fingerprint density at radius 1 is 1.11 bits per heavy atom. The van der Waals surface area contributed by atoms with Crippen molar-refractivity contribution in [1.29, 1.82) is 0 Å². The number of carbonyl (C=O) groups excluding carboxylic acids is 1. The van der Waals surface area contributed by atoms with E-state index in [1.807, 2.05) is 0 Å². The first-order valence-corrected chi connectivity index (χ1v) is 15.1. The molecule has 13 heteroatoms. The number of halogens is 2. The van der Waals surface area contributed by atoms with Crippen molar-refractivity contribution in [2.75, 3.05) is 18.1 Å². The summed E-state index contributed by atoms with van der Waals surface area (Å²) < 4.78 is 44.7. The second-order valence-electron chi connectivity index (χ2n) is 10.6. The highest BCUT2D eigenvalue weighted by atomic mass is 28.4. The number of rotatable bonds is 9. The van der Waals surface area contributed by atoms with Crippen LogP contribution in [0.3, 0.4) is 0 Å². The van der Waals surface area contributed by atoms with E-state index in [0.29, 0.717) is 36.0 Å². The van der Waals surface area contributed by atoms with Gasteiger partial charge in [-0.3, -0.25) is 4.90 Å². The number of carbonyl (C=O) groups is 1. The minimum atomic E-state index is -2.55. The van der Waals surface area contributed by atoms with Gasteiger partial charge >= 0.3 is 6.09 Å². The van der Waals surface area contributed by atoms with Crippen LogP contribution in [-0.2, 0) is 15.8 Å². The Labute approximate surface area is 221 Å². The lowest BCUT2D eigenvalue weighted by Gasteiger charge is -2.36. The minimum Gasteiger partial charge on any atom is -0.470 e. The van der Waals surface area contributed by atoms with Crippen molar-refractivity contribution in [2.45, 2.75) is 65.0 Å². The van der Waals surface area contributed by atoms with Crippen LogP contribution in [-0.4, -0.2) is 58.9 Å². The van der Waals surface area contributed by atoms with Crippen molar-refractivity contribution >= 4 is 20.2 Å². The van der Waals surface area contributed by atoms with Crippen LogP contribution in [0.2, 0.25) is 18.1 Å². The van der Waals surface area contributed by atoms with Crippen LogP contribution < -0.4 is 9.64 Å². The zero-order valence-electron chi connectivity index (χ0n) is 22.3. The molecule has 10 nitrogen and oxygen atoms in total. The molecule has 0 saturated carbocycles. The van der Waals surface area contributed by atoms with Crippen LogP contribution in [0.15, 0.2) is 36.4 Å². The number of ether oxygens (including phenoxy) is 2. The molecule has 1 amide bonds. The predicted octanol–water partition coefficient (Wildman–Crippen LogP) is 5.23. The molecule has 1 fully saturated rings. The Hall–Kier alpha value is -3.45. The number of aryl methyl sites for hydroxylation is 1. The average Bonchev–Trinajstić information content (AvgIpc) is 3.43. The van der Waals surface area contributed by atoms with Gasteiger partial charge in [0.1, 0.15) is 18.4 Å². The fourth-order valence-electron chi connectivity index (χ4n) is 3.50. The lowest BCUT2D eigenvalue weighted by Crippen LogP contribution is -2.43. The molecule has 0 spiro atoms. The van der Waals surface area contributed by atoms with Crippen molar-refractivity contribution in [3.63, 3.8) is 0 Å². The number of benzene rings is 1. The molecule has 1 aliphatic rings. The Morgan fingerprint density at radius 2 is 1.82 bits per heavy atom. The molecular weight excluding hydrogens is 514 g/mol. The van der Waals surface area contributed by atoms with Gasteiger partial charge in [-0.05, 0) is 43.3 Å². The van der Waals surface area contributed by atoms with Crippen LogP contribution in [0.1, 0.15) is 44.1 Å². The van der Waals surface area contributed by atoms with Crippen LogP contribution in [0, 0.1) is 6.92 Å². The first-order chi connectivity index (χ1) is 17.9. The summed E-state index contributed by atoms with van der Waals surface area (Å²) in [7, 11) is -1.97. The second-order valence-corrected chi connectivity index (χ2v) is 15.4. The number of alkyl halides is 2. The molecule has 0 aliphatic carbocycles. The highest BCUT2D eigenvalue weighted by Crippen LogP contribution is 2.37. The normalized spacial score (nSPS) is 16.3. The standard InChI is InChI=1S/C25H32F2N6O4Si/c1-16-20(33(31-28-16)18-9-7-17(8-10-18)23(26)27)15-35-22-12-11-21(29-30-22)32-13-19(37-24(32)34)14-36-38(5,6)25(2,3)4/h7-12,19,23H,13-15H2,1-6H3. The summed E-state index contributed by atoms with van der Waals surface area (Å²) in [4.78, 5) is 13.9. The summed E-state index contributed by atoms with van der Waals surface area (Å²) in [5, 5.41) is 16.4. The number of hydrogen-bond acceptors (Lipinski definition) is 8. The van der Waals surface area contributed by atoms with Gasteiger partial charge in [-0.25, -0.2) is 18.3 Å². The zero-order chi connectivity index (χ0) is 27.7. The summed E-state index contributed by atoms with van der Waals surface area (Å²) in [5.41, 5.74) is 1.76. The average molecular weight is 547 g/mol. The van der Waals surface area contributed by atoms with E-state index in [2.05, 4.69) is 54.4 Å². The van der Waals surface area contributed by atoms with Crippen molar-refractivity contribution in [1.82, 2.24) is 25.2 Å². The smallest absolute Gasteiger partial charge is 0.416 e. The number of anilines is 1. The largest absolute Gasteiger partial charge is 0.470 e. The predicted molar refractivity (Wildman–Crippen MR) is 138 cm³/mol. The SMILES string of the molecule is Cc1nnn(-c2ccc(C(F)F)cc2)c1COc1ccc(N2CC(CO[Si](C)(C)C(C)(C)C)OC2=O)nn1. The van der Waals surface area contributed by atoms with Crippen molar-refractivity contribution in [3.05, 3.63) is 53.3 Å². The van der Waals surface area contributed by atoms with Crippen LogP contribution in [0.25, 0.3) is 5.69 Å². The number of nitrogens with zero attached hydrogens (tertiary/aromatic N) is 6. The number of cyclic esters (lactones) is 1. The van der Waals surface area contributed by atoms with E-state index in [4.69, 9.17) is 13.9 Å². The van der Waals surface area contributed by atoms with Crippen LogP contribution in [0.4, 0.5) is 19.4 Å². The van der Waals surface area contributed by atoms with Gasteiger partial charge in [-0.1, -0.05) is 38.1 Å². The quantitative estimate of drug-likeness (QED) is 0.336. The third-order valence-corrected chi connectivity index (χ3v) is 11.4. The van der Waals surface area contributed by atoms with Crippen LogP contribution >= 0.6 is 0 Å². The molecule has 4 rings (SSSR count). The monoisotopic (exact) mass is 546 g/mol. The molecule has 1 unspecified atom stereocenters. The van der Waals surface area contributed by atoms with Gasteiger partial charge in [0, 0.05) is 11.6 Å². The molecule has 0 N–H and O–H groups in total. The third kappa shape index (κ3) is 5.99. The van der Waals surface area contributed by atoms with E-state index in [1.165, 1.54) is 21.7 Å². The third-order valence-electron chi connectivity index (χ3n) is 6.92. The Kier molecular flexibility index (Phi) is 7.79. The molecule has 1 atom stereocenters. The molecule has 1 aromatic carbocycles. The van der Waals surface area contributed by atoms with E-state index in [1.54, 1.807) is 31.2 Å². The number of amides is 1. The molecule has 3 aromatic rings. The summed E-state index contributed by atoms with van der Waals surface area (Å²) in [5.74, 6) is 0.582. The van der Waals surface area contributed by atoms with Gasteiger partial charge in [0.2, 0.25) is 5.88 Å². The Balaban J connectivity index is 1.37. The maximum atomic E-state index is 12.9. The first kappa shape index (κ1) is 27.6. The molecule has 38 heavy (non-hydrogen) atoms. The fraction of sp³-hybridized carbons (Fsp3) is 0.480. The van der Waals surface area contributed by atoms with Gasteiger partial charge in [-0.2, -0.15) is 0 Å². The lowest BCUT2D eigenvalue weighted by atomic mass is 10.2. The highest BCUT2D eigenvalue weighted by molar-refractivity contribution is 6.74. The topological polar surface area (TPSA) is 104 Å². The molecule has 3 heterocycles. The summed E-state index contributed by atoms with van der Waals surface area (Å²) in [6, 6.07) is 9.03.